The summed E-state index contributed by atoms with van der Waals surface area (Å²) in [6.45, 7) is 7.93. The summed E-state index contributed by atoms with van der Waals surface area (Å²) in [4.78, 5) is 31.2. The molecule has 0 radical (unpaired) electrons. The minimum atomic E-state index is -0.988. The summed E-state index contributed by atoms with van der Waals surface area (Å²) >= 11 is 0. The van der Waals surface area contributed by atoms with Gasteiger partial charge in [0.2, 0.25) is 11.7 Å². The van der Waals surface area contributed by atoms with Crippen LogP contribution >= 0.6 is 0 Å². The molecule has 9 heteroatoms. The molecule has 4 aromatic rings. The van der Waals surface area contributed by atoms with Gasteiger partial charge in [0.1, 0.15) is 6.04 Å². The number of aryl methyl sites for hydroxylation is 1. The van der Waals surface area contributed by atoms with E-state index in [4.69, 9.17) is 0 Å². The van der Waals surface area contributed by atoms with Crippen LogP contribution in [0.25, 0.3) is 33.8 Å². The first-order chi connectivity index (χ1) is 18.8. The summed E-state index contributed by atoms with van der Waals surface area (Å²) in [7, 11) is 0. The van der Waals surface area contributed by atoms with E-state index in [0.717, 1.165) is 51.9 Å². The van der Waals surface area contributed by atoms with Gasteiger partial charge in [-0.3, -0.25) is 9.78 Å². The highest BCUT2D eigenvalue weighted by Gasteiger charge is 2.32. The van der Waals surface area contributed by atoms with Crippen molar-refractivity contribution in [1.82, 2.24) is 30.5 Å². The number of tetrazole rings is 1. The maximum atomic E-state index is 13.1. The van der Waals surface area contributed by atoms with Crippen molar-refractivity contribution in [2.45, 2.75) is 59.5 Å². The van der Waals surface area contributed by atoms with Gasteiger partial charge in [-0.25, -0.2) is 4.79 Å². The van der Waals surface area contributed by atoms with Crippen molar-refractivity contribution in [2.75, 3.05) is 0 Å². The maximum absolute atomic E-state index is 13.1. The molecule has 202 valence electrons. The first-order valence-corrected chi connectivity index (χ1v) is 13.2. The molecule has 0 aliphatic carbocycles. The van der Waals surface area contributed by atoms with Crippen LogP contribution in [0, 0.1) is 12.8 Å². The van der Waals surface area contributed by atoms with Crippen molar-refractivity contribution in [2.24, 2.45) is 5.92 Å². The van der Waals surface area contributed by atoms with E-state index >= 15 is 0 Å². The predicted octanol–water partition coefficient (Wildman–Crippen LogP) is 5.53. The molecule has 0 aliphatic rings. The largest absolute Gasteiger partial charge is 0.480 e. The van der Waals surface area contributed by atoms with Gasteiger partial charge in [-0.1, -0.05) is 57.5 Å². The Morgan fingerprint density at radius 2 is 1.74 bits per heavy atom. The highest BCUT2D eigenvalue weighted by molar-refractivity contribution is 5.85. The Bertz CT molecular complexity index is 1420. The third-order valence-electron chi connectivity index (χ3n) is 6.72. The molecular weight excluding hydrogens is 492 g/mol. The fourth-order valence-corrected chi connectivity index (χ4v) is 4.69. The number of hydrogen-bond acceptors (Lipinski definition) is 6. The average Bonchev–Trinajstić information content (AvgIpc) is 3.46. The normalized spacial score (nSPS) is 11.9. The van der Waals surface area contributed by atoms with Crippen molar-refractivity contribution >= 4 is 11.9 Å². The SMILES string of the molecule is CCCCC(=O)N(Cc1ccc(-c2cc(-c3cc(C)ccn3)ccc2-c2nn[nH]n2)cc1)[C@H](C(=O)O)C(C)C. The number of hydrogen-bond donors (Lipinski definition) is 2. The number of aromatic nitrogens is 5. The van der Waals surface area contributed by atoms with Crippen molar-refractivity contribution in [3.8, 4) is 33.8 Å². The van der Waals surface area contributed by atoms with E-state index < -0.39 is 12.0 Å². The van der Waals surface area contributed by atoms with Gasteiger partial charge in [-0.05, 0) is 71.0 Å². The van der Waals surface area contributed by atoms with Gasteiger partial charge in [-0.15, -0.1) is 10.2 Å². The van der Waals surface area contributed by atoms with Crippen molar-refractivity contribution < 1.29 is 14.7 Å². The van der Waals surface area contributed by atoms with Crippen LogP contribution in [-0.4, -0.2) is 53.5 Å². The molecule has 1 amide bonds. The molecule has 2 aromatic heterocycles. The minimum absolute atomic E-state index is 0.139. The number of benzene rings is 2. The van der Waals surface area contributed by atoms with E-state index in [1.165, 1.54) is 4.90 Å². The number of aromatic amines is 1. The molecule has 0 spiro atoms. The van der Waals surface area contributed by atoms with Crippen LogP contribution in [0.15, 0.2) is 60.8 Å². The zero-order chi connectivity index (χ0) is 27.9. The first-order valence-electron chi connectivity index (χ1n) is 13.2. The molecule has 2 aromatic carbocycles. The fraction of sp³-hybridized carbons (Fsp3) is 0.333. The lowest BCUT2D eigenvalue weighted by Crippen LogP contribution is -2.47. The van der Waals surface area contributed by atoms with E-state index in [-0.39, 0.29) is 18.4 Å². The maximum Gasteiger partial charge on any atom is 0.326 e. The summed E-state index contributed by atoms with van der Waals surface area (Å²) in [6.07, 6.45) is 3.72. The number of carboxylic acids is 1. The summed E-state index contributed by atoms with van der Waals surface area (Å²) in [5.41, 5.74) is 6.44. The highest BCUT2D eigenvalue weighted by atomic mass is 16.4. The van der Waals surface area contributed by atoms with E-state index in [1.54, 1.807) is 6.20 Å². The van der Waals surface area contributed by atoms with Crippen molar-refractivity contribution in [3.05, 3.63) is 71.9 Å². The monoisotopic (exact) mass is 526 g/mol. The molecule has 0 unspecified atom stereocenters. The molecule has 2 N–H and O–H groups in total. The van der Waals surface area contributed by atoms with E-state index in [9.17, 15) is 14.7 Å². The number of rotatable bonds is 11. The molecule has 9 nitrogen and oxygen atoms in total. The molecule has 0 saturated heterocycles. The molecule has 0 fully saturated rings. The second kappa shape index (κ2) is 12.4. The number of nitrogens with zero attached hydrogens (tertiary/aromatic N) is 5. The lowest BCUT2D eigenvalue weighted by molar-refractivity contribution is -0.153. The lowest BCUT2D eigenvalue weighted by Gasteiger charge is -2.32. The molecule has 1 atom stereocenters. The molecule has 2 heterocycles. The highest BCUT2D eigenvalue weighted by Crippen LogP contribution is 2.34. The number of carbonyl (C=O) groups excluding carboxylic acids is 1. The van der Waals surface area contributed by atoms with Gasteiger partial charge in [0.15, 0.2) is 0 Å². The number of pyridine rings is 1. The van der Waals surface area contributed by atoms with Crippen LogP contribution in [0.4, 0.5) is 0 Å². The first kappa shape index (κ1) is 27.6. The predicted molar refractivity (Wildman–Crippen MR) is 149 cm³/mol. The zero-order valence-corrected chi connectivity index (χ0v) is 22.8. The van der Waals surface area contributed by atoms with Crippen LogP contribution in [0.2, 0.25) is 0 Å². The summed E-state index contributed by atoms with van der Waals surface area (Å²) in [6, 6.07) is 16.9. The van der Waals surface area contributed by atoms with Gasteiger partial charge in [0, 0.05) is 30.3 Å². The molecule has 39 heavy (non-hydrogen) atoms. The molecular formula is C30H34N6O3. The van der Waals surface area contributed by atoms with Crippen LogP contribution < -0.4 is 0 Å². The Morgan fingerprint density at radius 1 is 1.00 bits per heavy atom. The molecule has 0 bridgehead atoms. The van der Waals surface area contributed by atoms with E-state index in [0.29, 0.717) is 12.2 Å². The third kappa shape index (κ3) is 6.54. The quantitative estimate of drug-likeness (QED) is 0.263. The Balaban J connectivity index is 1.69. The molecule has 4 rings (SSSR count). The Kier molecular flexibility index (Phi) is 8.81. The number of nitrogens with one attached hydrogen (secondary N) is 1. The van der Waals surface area contributed by atoms with Gasteiger partial charge in [-0.2, -0.15) is 5.21 Å². The lowest BCUT2D eigenvalue weighted by atomic mass is 9.94. The van der Waals surface area contributed by atoms with Gasteiger partial charge in [0.05, 0.1) is 5.69 Å². The summed E-state index contributed by atoms with van der Waals surface area (Å²) in [5.74, 6) is -0.868. The van der Waals surface area contributed by atoms with E-state index in [2.05, 4.69) is 31.7 Å². The number of unbranched alkanes of at least 4 members (excludes halogenated alkanes) is 1. The van der Waals surface area contributed by atoms with Crippen molar-refractivity contribution in [3.63, 3.8) is 0 Å². The Hall–Kier alpha value is -4.40. The topological polar surface area (TPSA) is 125 Å². The molecule has 0 saturated carbocycles. The van der Waals surface area contributed by atoms with Gasteiger partial charge < -0.3 is 10.0 Å². The standard InChI is InChI=1S/C30H34N6O3/c1-5-6-7-27(37)36(28(19(2)3)30(38)39)18-21-8-10-22(11-9-21)25-17-23(26-16-20(4)14-15-31-26)12-13-24(25)29-32-34-35-33-29/h8-17,19,28H,5-7,18H2,1-4H3,(H,38,39)(H,32,33,34,35)/t28-/m0/s1. The van der Waals surface area contributed by atoms with Crippen LogP contribution in [0.5, 0.6) is 0 Å². The van der Waals surface area contributed by atoms with Gasteiger partial charge >= 0.3 is 5.97 Å². The second-order valence-corrected chi connectivity index (χ2v) is 10.1. The summed E-state index contributed by atoms with van der Waals surface area (Å²) < 4.78 is 0. The number of carbonyl (C=O) groups is 2. The average molecular weight is 527 g/mol. The van der Waals surface area contributed by atoms with Crippen LogP contribution in [0.1, 0.15) is 51.2 Å². The Morgan fingerprint density at radius 3 is 2.36 bits per heavy atom. The smallest absolute Gasteiger partial charge is 0.326 e. The molecule has 0 aliphatic heterocycles. The number of H-pyrrole nitrogens is 1. The Labute approximate surface area is 228 Å². The number of amides is 1. The van der Waals surface area contributed by atoms with E-state index in [1.807, 2.05) is 76.2 Å². The minimum Gasteiger partial charge on any atom is -0.480 e. The van der Waals surface area contributed by atoms with Crippen molar-refractivity contribution in [1.29, 1.82) is 0 Å². The fourth-order valence-electron chi connectivity index (χ4n) is 4.69. The third-order valence-corrected chi connectivity index (χ3v) is 6.72. The van der Waals surface area contributed by atoms with Crippen LogP contribution in [-0.2, 0) is 16.1 Å². The van der Waals surface area contributed by atoms with Gasteiger partial charge in [0.25, 0.3) is 0 Å². The zero-order valence-electron chi connectivity index (χ0n) is 22.8. The number of carboxylic acid groups (broad SMARTS) is 1. The second-order valence-electron chi connectivity index (χ2n) is 10.1. The summed E-state index contributed by atoms with van der Waals surface area (Å²) in [5, 5.41) is 24.5. The number of aliphatic carboxylic acids is 1. The van der Waals surface area contributed by atoms with Crippen LogP contribution in [0.3, 0.4) is 0 Å².